The van der Waals surface area contributed by atoms with Gasteiger partial charge < -0.3 is 24.8 Å². The first kappa shape index (κ1) is 20.9. The molecule has 0 bridgehead atoms. The predicted molar refractivity (Wildman–Crippen MR) is 112 cm³/mol. The van der Waals surface area contributed by atoms with Crippen LogP contribution in [0.5, 0.6) is 17.2 Å². The fourth-order valence-corrected chi connectivity index (χ4v) is 3.50. The molecule has 148 valence electrons. The Morgan fingerprint density at radius 3 is 2.44 bits per heavy atom. The van der Waals surface area contributed by atoms with E-state index in [1.54, 1.807) is 32.7 Å². The van der Waals surface area contributed by atoms with Crippen molar-refractivity contribution >= 4 is 17.3 Å². The molecule has 0 aliphatic carbocycles. The molecule has 0 fully saturated rings. The van der Waals surface area contributed by atoms with E-state index < -0.39 is 0 Å². The summed E-state index contributed by atoms with van der Waals surface area (Å²) in [4.78, 5) is 4.70. The number of nitrogens with zero attached hydrogens (tertiary/aromatic N) is 1. The first-order chi connectivity index (χ1) is 13.1. The molecule has 2 aromatic rings. The van der Waals surface area contributed by atoms with E-state index in [0.717, 1.165) is 24.6 Å². The van der Waals surface area contributed by atoms with Crippen molar-refractivity contribution in [2.45, 2.75) is 26.3 Å². The molecule has 2 N–H and O–H groups in total. The number of guanidine groups is 1. The standard InChI is InChI=1S/C20H29N3O3S/c1-6-21-20(22-11-14(2)16-9-10-27-13-16)23-12-15-7-8-17(24-3)19(26-5)18(15)25-4/h7-10,13-14H,6,11-12H2,1-5H3,(H2,21,22,23). The summed E-state index contributed by atoms with van der Waals surface area (Å²) in [7, 11) is 4.83. The summed E-state index contributed by atoms with van der Waals surface area (Å²) in [6.45, 7) is 6.32. The molecule has 1 atom stereocenters. The van der Waals surface area contributed by atoms with Crippen molar-refractivity contribution in [3.8, 4) is 17.2 Å². The zero-order chi connectivity index (χ0) is 19.6. The van der Waals surface area contributed by atoms with Crippen molar-refractivity contribution in [1.29, 1.82) is 0 Å². The highest BCUT2D eigenvalue weighted by atomic mass is 32.1. The summed E-state index contributed by atoms with van der Waals surface area (Å²) in [6, 6.07) is 5.97. The summed E-state index contributed by atoms with van der Waals surface area (Å²) in [5.74, 6) is 3.05. The van der Waals surface area contributed by atoms with Crippen molar-refractivity contribution in [3.63, 3.8) is 0 Å². The predicted octanol–water partition coefficient (Wildman–Crippen LogP) is 3.63. The van der Waals surface area contributed by atoms with Crippen molar-refractivity contribution in [2.75, 3.05) is 34.4 Å². The van der Waals surface area contributed by atoms with Gasteiger partial charge in [-0.1, -0.05) is 6.92 Å². The number of aliphatic imine (C=N–C) groups is 1. The number of thiophene rings is 1. The number of methoxy groups -OCH3 is 3. The summed E-state index contributed by atoms with van der Waals surface area (Å²) < 4.78 is 16.3. The number of hydrogen-bond donors (Lipinski definition) is 2. The van der Waals surface area contributed by atoms with Gasteiger partial charge in [0.2, 0.25) is 5.75 Å². The van der Waals surface area contributed by atoms with Crippen LogP contribution in [0.25, 0.3) is 0 Å². The van der Waals surface area contributed by atoms with Crippen LogP contribution in [0.1, 0.15) is 30.9 Å². The molecule has 1 unspecified atom stereocenters. The molecule has 6 nitrogen and oxygen atoms in total. The molecule has 0 radical (unpaired) electrons. The van der Waals surface area contributed by atoms with Gasteiger partial charge in [0, 0.05) is 18.7 Å². The number of ether oxygens (including phenoxy) is 3. The Bertz CT molecular complexity index is 732. The SMILES string of the molecule is CCNC(=NCc1ccc(OC)c(OC)c1OC)NCC(C)c1ccsc1. The number of benzene rings is 1. The topological polar surface area (TPSA) is 64.1 Å². The summed E-state index contributed by atoms with van der Waals surface area (Å²) in [6.07, 6.45) is 0. The van der Waals surface area contributed by atoms with Crippen molar-refractivity contribution in [1.82, 2.24) is 10.6 Å². The van der Waals surface area contributed by atoms with E-state index in [9.17, 15) is 0 Å². The van der Waals surface area contributed by atoms with Gasteiger partial charge in [0.1, 0.15) is 0 Å². The van der Waals surface area contributed by atoms with Crippen molar-refractivity contribution in [2.24, 2.45) is 4.99 Å². The monoisotopic (exact) mass is 391 g/mol. The van der Waals surface area contributed by atoms with Crippen LogP contribution in [-0.4, -0.2) is 40.4 Å². The zero-order valence-corrected chi connectivity index (χ0v) is 17.5. The van der Waals surface area contributed by atoms with Crippen LogP contribution in [0, 0.1) is 0 Å². The van der Waals surface area contributed by atoms with Crippen LogP contribution in [0.2, 0.25) is 0 Å². The molecule has 2 rings (SSSR count). The van der Waals surface area contributed by atoms with Crippen molar-refractivity contribution < 1.29 is 14.2 Å². The van der Waals surface area contributed by atoms with Gasteiger partial charge in [-0.2, -0.15) is 11.3 Å². The highest BCUT2D eigenvalue weighted by Crippen LogP contribution is 2.39. The smallest absolute Gasteiger partial charge is 0.203 e. The summed E-state index contributed by atoms with van der Waals surface area (Å²) >= 11 is 1.72. The molecule has 1 aromatic heterocycles. The maximum atomic E-state index is 5.54. The Hall–Kier alpha value is -2.41. The van der Waals surface area contributed by atoms with E-state index in [2.05, 4.69) is 41.3 Å². The van der Waals surface area contributed by atoms with Crippen molar-refractivity contribution in [3.05, 3.63) is 40.1 Å². The van der Waals surface area contributed by atoms with Gasteiger partial charge in [0.05, 0.1) is 27.9 Å². The molecule has 27 heavy (non-hydrogen) atoms. The fourth-order valence-electron chi connectivity index (χ4n) is 2.72. The summed E-state index contributed by atoms with van der Waals surface area (Å²) in [5.41, 5.74) is 2.27. The first-order valence-electron chi connectivity index (χ1n) is 8.96. The molecule has 7 heteroatoms. The molecule has 1 aromatic carbocycles. The highest BCUT2D eigenvalue weighted by Gasteiger charge is 2.15. The van der Waals surface area contributed by atoms with E-state index in [-0.39, 0.29) is 0 Å². The normalized spacial score (nSPS) is 12.4. The second kappa shape index (κ2) is 10.7. The Labute approximate surface area is 165 Å². The molecule has 0 spiro atoms. The second-order valence-corrected chi connectivity index (χ2v) is 6.81. The Morgan fingerprint density at radius 2 is 1.85 bits per heavy atom. The van der Waals surface area contributed by atoms with Crippen LogP contribution >= 0.6 is 11.3 Å². The lowest BCUT2D eigenvalue weighted by molar-refractivity contribution is 0.322. The molecular formula is C20H29N3O3S. The van der Waals surface area contributed by atoms with E-state index in [4.69, 9.17) is 19.2 Å². The van der Waals surface area contributed by atoms with Gasteiger partial charge >= 0.3 is 0 Å². The van der Waals surface area contributed by atoms with Crippen LogP contribution < -0.4 is 24.8 Å². The van der Waals surface area contributed by atoms with Gasteiger partial charge in [0.25, 0.3) is 0 Å². The van der Waals surface area contributed by atoms with Crippen LogP contribution in [0.15, 0.2) is 34.0 Å². The van der Waals surface area contributed by atoms with Gasteiger partial charge in [-0.05, 0) is 47.4 Å². The third kappa shape index (κ3) is 5.53. The Morgan fingerprint density at radius 1 is 1.07 bits per heavy atom. The first-order valence-corrected chi connectivity index (χ1v) is 9.90. The molecule has 0 aliphatic rings. The molecule has 1 heterocycles. The minimum absolute atomic E-state index is 0.413. The van der Waals surface area contributed by atoms with Gasteiger partial charge in [-0.25, -0.2) is 4.99 Å². The lowest BCUT2D eigenvalue weighted by atomic mass is 10.1. The Balaban J connectivity index is 2.11. The largest absolute Gasteiger partial charge is 0.493 e. The van der Waals surface area contributed by atoms with E-state index >= 15 is 0 Å². The molecule has 0 saturated heterocycles. The molecule has 0 amide bonds. The van der Waals surface area contributed by atoms with Gasteiger partial charge in [0.15, 0.2) is 17.5 Å². The average Bonchev–Trinajstić information content (AvgIpc) is 3.23. The minimum Gasteiger partial charge on any atom is -0.493 e. The van der Waals surface area contributed by atoms with Gasteiger partial charge in [-0.15, -0.1) is 0 Å². The minimum atomic E-state index is 0.413. The van der Waals surface area contributed by atoms with E-state index in [1.165, 1.54) is 5.56 Å². The van der Waals surface area contributed by atoms with Crippen LogP contribution in [0.3, 0.4) is 0 Å². The fraction of sp³-hybridized carbons (Fsp3) is 0.450. The average molecular weight is 392 g/mol. The number of nitrogens with one attached hydrogen (secondary N) is 2. The lowest BCUT2D eigenvalue weighted by Gasteiger charge is -2.17. The maximum absolute atomic E-state index is 5.54. The van der Waals surface area contributed by atoms with Crippen LogP contribution in [-0.2, 0) is 6.54 Å². The quantitative estimate of drug-likeness (QED) is 0.505. The number of rotatable bonds is 9. The van der Waals surface area contributed by atoms with Crippen LogP contribution in [0.4, 0.5) is 0 Å². The second-order valence-electron chi connectivity index (χ2n) is 6.03. The maximum Gasteiger partial charge on any atom is 0.203 e. The van der Waals surface area contributed by atoms with Gasteiger partial charge in [-0.3, -0.25) is 0 Å². The molecular weight excluding hydrogens is 362 g/mol. The third-order valence-electron chi connectivity index (χ3n) is 4.23. The summed E-state index contributed by atoms with van der Waals surface area (Å²) in [5, 5.41) is 11.0. The lowest BCUT2D eigenvalue weighted by Crippen LogP contribution is -2.39. The zero-order valence-electron chi connectivity index (χ0n) is 16.7. The third-order valence-corrected chi connectivity index (χ3v) is 4.93. The number of hydrogen-bond acceptors (Lipinski definition) is 5. The molecule has 0 aliphatic heterocycles. The Kier molecular flexibility index (Phi) is 8.26. The van der Waals surface area contributed by atoms with E-state index in [1.807, 2.05) is 12.1 Å². The highest BCUT2D eigenvalue weighted by molar-refractivity contribution is 7.07. The van der Waals surface area contributed by atoms with E-state index in [0.29, 0.717) is 29.7 Å². The molecule has 0 saturated carbocycles.